The summed E-state index contributed by atoms with van der Waals surface area (Å²) in [6, 6.07) is 0. The number of carbonyl (C=O) groups is 1. The molecule has 0 spiro atoms. The average molecular weight is 240 g/mol. The van der Waals surface area contributed by atoms with Crippen molar-refractivity contribution in [1.82, 2.24) is 5.32 Å². The zero-order valence-corrected chi connectivity index (χ0v) is 11.4. The number of nitrogens with two attached hydrogens (primary N) is 1. The molecule has 3 nitrogen and oxygen atoms in total. The van der Waals surface area contributed by atoms with Crippen LogP contribution in [0.2, 0.25) is 0 Å². The summed E-state index contributed by atoms with van der Waals surface area (Å²) in [7, 11) is 0. The Balaban J connectivity index is 2.05. The molecule has 0 aromatic rings. The lowest BCUT2D eigenvalue weighted by Gasteiger charge is -2.22. The zero-order chi connectivity index (χ0) is 12.7. The largest absolute Gasteiger partial charge is 0.356 e. The monoisotopic (exact) mass is 240 g/mol. The van der Waals surface area contributed by atoms with Crippen LogP contribution in [0, 0.1) is 5.92 Å². The van der Waals surface area contributed by atoms with Crippen molar-refractivity contribution >= 4 is 5.91 Å². The summed E-state index contributed by atoms with van der Waals surface area (Å²) in [5.74, 6) is 0.899. The summed E-state index contributed by atoms with van der Waals surface area (Å²) >= 11 is 0. The maximum atomic E-state index is 11.7. The molecule has 1 rings (SSSR count). The summed E-state index contributed by atoms with van der Waals surface area (Å²) in [5.41, 5.74) is 5.96. The van der Waals surface area contributed by atoms with Crippen molar-refractivity contribution in [3.63, 3.8) is 0 Å². The molecule has 1 amide bonds. The average Bonchev–Trinajstić information content (AvgIpc) is 2.63. The summed E-state index contributed by atoms with van der Waals surface area (Å²) in [4.78, 5) is 11.7. The van der Waals surface area contributed by atoms with Gasteiger partial charge in [0.2, 0.25) is 5.91 Å². The number of unbranched alkanes of at least 4 members (excludes halogenated alkanes) is 1. The Labute approximate surface area is 106 Å². The number of nitrogens with one attached hydrogen (secondary N) is 1. The maximum absolute atomic E-state index is 11.7. The fourth-order valence-electron chi connectivity index (χ4n) is 2.54. The molecule has 0 saturated heterocycles. The van der Waals surface area contributed by atoms with Gasteiger partial charge in [-0.15, -0.1) is 0 Å². The molecule has 0 aromatic heterocycles. The summed E-state index contributed by atoms with van der Waals surface area (Å²) < 4.78 is 0. The van der Waals surface area contributed by atoms with E-state index in [4.69, 9.17) is 5.73 Å². The van der Waals surface area contributed by atoms with E-state index in [9.17, 15) is 4.79 Å². The minimum atomic E-state index is -0.206. The van der Waals surface area contributed by atoms with E-state index < -0.39 is 0 Å². The number of amides is 1. The van der Waals surface area contributed by atoms with Gasteiger partial charge in [0.05, 0.1) is 0 Å². The first-order valence-electron chi connectivity index (χ1n) is 7.07. The molecule has 17 heavy (non-hydrogen) atoms. The van der Waals surface area contributed by atoms with Gasteiger partial charge < -0.3 is 11.1 Å². The first kappa shape index (κ1) is 14.5. The number of hydrogen-bond acceptors (Lipinski definition) is 2. The highest BCUT2D eigenvalue weighted by Gasteiger charge is 2.31. The first-order valence-corrected chi connectivity index (χ1v) is 7.07. The Morgan fingerprint density at radius 1 is 1.29 bits per heavy atom. The van der Waals surface area contributed by atoms with E-state index in [1.807, 2.05) is 0 Å². The second-order valence-corrected chi connectivity index (χ2v) is 5.99. The Morgan fingerprint density at radius 2 is 1.94 bits per heavy atom. The lowest BCUT2D eigenvalue weighted by Crippen LogP contribution is -2.42. The van der Waals surface area contributed by atoms with Gasteiger partial charge in [0.25, 0.3) is 0 Å². The fraction of sp³-hybridized carbons (Fsp3) is 0.929. The van der Waals surface area contributed by atoms with Crippen LogP contribution in [0.15, 0.2) is 0 Å². The van der Waals surface area contributed by atoms with Crippen LogP contribution in [0.1, 0.15) is 65.2 Å². The molecule has 1 saturated carbocycles. The Bertz CT molecular complexity index is 232. The molecular formula is C14H28N2O. The van der Waals surface area contributed by atoms with Gasteiger partial charge in [-0.3, -0.25) is 4.79 Å². The fourth-order valence-corrected chi connectivity index (χ4v) is 2.54. The van der Waals surface area contributed by atoms with Gasteiger partial charge in [-0.2, -0.15) is 0 Å². The van der Waals surface area contributed by atoms with Crippen molar-refractivity contribution in [2.24, 2.45) is 11.7 Å². The molecule has 3 heteroatoms. The van der Waals surface area contributed by atoms with Crippen LogP contribution in [0.4, 0.5) is 0 Å². The van der Waals surface area contributed by atoms with E-state index in [1.165, 1.54) is 25.7 Å². The second-order valence-electron chi connectivity index (χ2n) is 5.99. The van der Waals surface area contributed by atoms with E-state index in [0.717, 1.165) is 31.7 Å². The summed E-state index contributed by atoms with van der Waals surface area (Å²) in [6.07, 6.45) is 8.42. The van der Waals surface area contributed by atoms with Gasteiger partial charge in [0.1, 0.15) is 0 Å². The molecule has 3 N–H and O–H groups in total. The molecule has 100 valence electrons. The van der Waals surface area contributed by atoms with E-state index in [1.54, 1.807) is 0 Å². The van der Waals surface area contributed by atoms with Crippen molar-refractivity contribution < 1.29 is 4.79 Å². The number of hydrogen-bond donors (Lipinski definition) is 2. The molecular weight excluding hydrogens is 212 g/mol. The third kappa shape index (κ3) is 6.06. The Kier molecular flexibility index (Phi) is 5.96. The van der Waals surface area contributed by atoms with Gasteiger partial charge in [-0.25, -0.2) is 0 Å². The van der Waals surface area contributed by atoms with E-state index in [0.29, 0.717) is 6.42 Å². The van der Waals surface area contributed by atoms with E-state index in [2.05, 4.69) is 19.2 Å². The van der Waals surface area contributed by atoms with Crippen molar-refractivity contribution in [3.8, 4) is 0 Å². The number of carbonyl (C=O) groups excluding carboxylic acids is 1. The van der Waals surface area contributed by atoms with Gasteiger partial charge in [0, 0.05) is 18.5 Å². The zero-order valence-electron chi connectivity index (χ0n) is 11.4. The van der Waals surface area contributed by atoms with Crippen molar-refractivity contribution in [1.29, 1.82) is 0 Å². The van der Waals surface area contributed by atoms with Crippen LogP contribution in [0.3, 0.4) is 0 Å². The van der Waals surface area contributed by atoms with Crippen molar-refractivity contribution in [2.45, 2.75) is 70.8 Å². The van der Waals surface area contributed by atoms with Gasteiger partial charge in [-0.1, -0.05) is 39.5 Å². The molecule has 0 aromatic carbocycles. The topological polar surface area (TPSA) is 55.1 Å². The van der Waals surface area contributed by atoms with Gasteiger partial charge in [0.15, 0.2) is 0 Å². The maximum Gasteiger partial charge on any atom is 0.221 e. The van der Waals surface area contributed by atoms with Crippen LogP contribution >= 0.6 is 0 Å². The molecule has 1 aliphatic carbocycles. The van der Waals surface area contributed by atoms with Crippen LogP contribution in [0.5, 0.6) is 0 Å². The number of rotatable bonds is 7. The predicted octanol–water partition coefficient (Wildman–Crippen LogP) is 2.59. The summed E-state index contributed by atoms with van der Waals surface area (Å²) in [5, 5.41) is 2.99. The van der Waals surface area contributed by atoms with E-state index in [-0.39, 0.29) is 11.4 Å². The SMILES string of the molecule is CC(C)CCCCNC(=O)CC1(N)CCCC1. The standard InChI is InChI=1S/C14H28N2O/c1-12(2)7-3-6-10-16-13(17)11-14(15)8-4-5-9-14/h12H,3-11,15H2,1-2H3,(H,16,17). The van der Waals surface area contributed by atoms with Crippen LogP contribution in [-0.2, 0) is 4.79 Å². The lowest BCUT2D eigenvalue weighted by molar-refractivity contribution is -0.122. The minimum Gasteiger partial charge on any atom is -0.356 e. The van der Waals surface area contributed by atoms with Gasteiger partial charge in [-0.05, 0) is 25.2 Å². The van der Waals surface area contributed by atoms with Crippen LogP contribution in [-0.4, -0.2) is 18.0 Å². The first-order chi connectivity index (χ1) is 8.02. The van der Waals surface area contributed by atoms with Crippen LogP contribution in [0.25, 0.3) is 0 Å². The van der Waals surface area contributed by atoms with E-state index >= 15 is 0 Å². The highest BCUT2D eigenvalue weighted by molar-refractivity contribution is 5.77. The molecule has 1 aliphatic rings. The van der Waals surface area contributed by atoms with Crippen molar-refractivity contribution in [3.05, 3.63) is 0 Å². The molecule has 0 radical (unpaired) electrons. The lowest BCUT2D eigenvalue weighted by atomic mass is 9.94. The molecule has 0 bridgehead atoms. The van der Waals surface area contributed by atoms with Crippen LogP contribution < -0.4 is 11.1 Å². The highest BCUT2D eigenvalue weighted by atomic mass is 16.1. The third-order valence-corrected chi connectivity index (χ3v) is 3.64. The Morgan fingerprint density at radius 3 is 2.53 bits per heavy atom. The van der Waals surface area contributed by atoms with Gasteiger partial charge >= 0.3 is 0 Å². The molecule has 0 heterocycles. The third-order valence-electron chi connectivity index (χ3n) is 3.64. The Hall–Kier alpha value is -0.570. The summed E-state index contributed by atoms with van der Waals surface area (Å²) in [6.45, 7) is 5.27. The predicted molar refractivity (Wildman–Crippen MR) is 71.7 cm³/mol. The molecule has 0 unspecified atom stereocenters. The normalized spacial score (nSPS) is 18.6. The van der Waals surface area contributed by atoms with Crippen molar-refractivity contribution in [2.75, 3.05) is 6.54 Å². The molecule has 0 atom stereocenters. The quantitative estimate of drug-likeness (QED) is 0.672. The molecule has 1 fully saturated rings. The molecule has 0 aliphatic heterocycles. The smallest absolute Gasteiger partial charge is 0.221 e. The minimum absolute atomic E-state index is 0.138. The second kappa shape index (κ2) is 7.00. The highest BCUT2D eigenvalue weighted by Crippen LogP contribution is 2.29.